The number of hydrogen-bond acceptors (Lipinski definition) is 8. The molecule has 182 valence electrons. The Balaban J connectivity index is 1.55. The fraction of sp³-hybridized carbons (Fsp3) is 0.571. The second-order valence-corrected chi connectivity index (χ2v) is 10.4. The van der Waals surface area contributed by atoms with Gasteiger partial charge in [-0.25, -0.2) is 13.8 Å². The average molecular weight is 484 g/mol. The summed E-state index contributed by atoms with van der Waals surface area (Å²) in [6.45, 7) is 6.62. The Hall–Kier alpha value is -2.70. The SMILES string of the molecule is Cc1cccc(C)c1C(=O)OCC(C)(C)COS(=O)(=O)ON1C(=O)N2CC1CCC2C(N)=O. The van der Waals surface area contributed by atoms with Gasteiger partial charge in [0.1, 0.15) is 6.04 Å². The van der Waals surface area contributed by atoms with Crippen LogP contribution in [0.25, 0.3) is 0 Å². The van der Waals surface area contributed by atoms with Crippen LogP contribution in [0.1, 0.15) is 48.2 Å². The molecule has 2 atom stereocenters. The Kier molecular flexibility index (Phi) is 7.01. The van der Waals surface area contributed by atoms with Gasteiger partial charge in [-0.2, -0.15) is 13.5 Å². The van der Waals surface area contributed by atoms with E-state index in [2.05, 4.69) is 0 Å². The molecule has 0 saturated carbocycles. The number of fused-ring (bicyclic) bond motifs is 2. The summed E-state index contributed by atoms with van der Waals surface area (Å²) in [5.41, 5.74) is 6.47. The summed E-state index contributed by atoms with van der Waals surface area (Å²) >= 11 is 0. The number of nitrogens with two attached hydrogens (primary N) is 1. The van der Waals surface area contributed by atoms with Crippen LogP contribution in [-0.2, 0) is 28.4 Å². The fourth-order valence-electron chi connectivity index (χ4n) is 3.89. The molecule has 3 amide bonds. The second kappa shape index (κ2) is 9.27. The van der Waals surface area contributed by atoms with E-state index < -0.39 is 45.8 Å². The fourth-order valence-corrected chi connectivity index (χ4v) is 4.78. The van der Waals surface area contributed by atoms with Gasteiger partial charge in [0.25, 0.3) is 0 Å². The van der Waals surface area contributed by atoms with Gasteiger partial charge in [-0.05, 0) is 37.8 Å². The number of ether oxygens (including phenoxy) is 1. The first-order chi connectivity index (χ1) is 15.3. The van der Waals surface area contributed by atoms with Crippen molar-refractivity contribution in [2.24, 2.45) is 11.1 Å². The third-order valence-corrected chi connectivity index (χ3v) is 6.45. The molecule has 0 aliphatic carbocycles. The summed E-state index contributed by atoms with van der Waals surface area (Å²) in [6.07, 6.45) is 0.691. The highest BCUT2D eigenvalue weighted by Gasteiger charge is 2.49. The molecule has 2 fully saturated rings. The zero-order valence-electron chi connectivity index (χ0n) is 19.1. The third kappa shape index (κ3) is 5.63. The predicted octanol–water partition coefficient (Wildman–Crippen LogP) is 1.43. The van der Waals surface area contributed by atoms with Gasteiger partial charge in [-0.1, -0.05) is 32.0 Å². The molecule has 12 heteroatoms. The lowest BCUT2D eigenvalue weighted by Gasteiger charge is -2.27. The maximum atomic E-state index is 12.5. The minimum Gasteiger partial charge on any atom is -0.461 e. The molecule has 2 N–H and O–H groups in total. The molecule has 3 rings (SSSR count). The first-order valence-electron chi connectivity index (χ1n) is 10.5. The first-order valence-corrected chi connectivity index (χ1v) is 11.9. The van der Waals surface area contributed by atoms with Crippen LogP contribution in [0.5, 0.6) is 0 Å². The number of aryl methyl sites for hydroxylation is 2. The monoisotopic (exact) mass is 483 g/mol. The van der Waals surface area contributed by atoms with E-state index in [0.717, 1.165) is 11.1 Å². The zero-order chi connectivity index (χ0) is 24.6. The molecule has 1 aromatic rings. The van der Waals surface area contributed by atoms with Crippen molar-refractivity contribution in [1.29, 1.82) is 0 Å². The van der Waals surface area contributed by atoms with Crippen molar-refractivity contribution in [1.82, 2.24) is 9.96 Å². The van der Waals surface area contributed by atoms with E-state index in [4.69, 9.17) is 18.9 Å². The Labute approximate surface area is 193 Å². The number of esters is 1. The second-order valence-electron chi connectivity index (χ2n) is 9.16. The number of hydroxylamine groups is 2. The molecular weight excluding hydrogens is 454 g/mol. The quantitative estimate of drug-likeness (QED) is 0.519. The summed E-state index contributed by atoms with van der Waals surface area (Å²) in [5, 5.41) is 0.715. The lowest BCUT2D eigenvalue weighted by atomic mass is 9.96. The molecule has 33 heavy (non-hydrogen) atoms. The molecule has 0 aromatic heterocycles. The summed E-state index contributed by atoms with van der Waals surface area (Å²) < 4.78 is 40.0. The van der Waals surface area contributed by atoms with Crippen molar-refractivity contribution in [3.63, 3.8) is 0 Å². The molecule has 2 aliphatic rings. The van der Waals surface area contributed by atoms with Crippen molar-refractivity contribution < 1.29 is 36.0 Å². The number of carbonyl (C=O) groups excluding carboxylic acids is 3. The number of nitrogens with zero attached hydrogens (tertiary/aromatic N) is 2. The number of carbonyl (C=O) groups is 3. The molecule has 2 unspecified atom stereocenters. The normalized spacial score (nSPS) is 20.8. The maximum Gasteiger partial charge on any atom is 0.421 e. The van der Waals surface area contributed by atoms with Gasteiger partial charge >= 0.3 is 22.4 Å². The molecule has 2 saturated heterocycles. The smallest absolute Gasteiger partial charge is 0.421 e. The molecule has 0 spiro atoms. The van der Waals surface area contributed by atoms with Gasteiger partial charge < -0.3 is 15.4 Å². The van der Waals surface area contributed by atoms with Gasteiger partial charge in [0.2, 0.25) is 5.91 Å². The van der Waals surface area contributed by atoms with Gasteiger partial charge in [0, 0.05) is 12.0 Å². The first kappa shape index (κ1) is 24.9. The minimum absolute atomic E-state index is 0.103. The van der Waals surface area contributed by atoms with E-state index in [-0.39, 0.29) is 19.8 Å². The summed E-state index contributed by atoms with van der Waals surface area (Å²) in [7, 11) is -4.59. The van der Waals surface area contributed by atoms with Crippen LogP contribution in [0, 0.1) is 19.3 Å². The largest absolute Gasteiger partial charge is 0.461 e. The van der Waals surface area contributed by atoms with Gasteiger partial charge in [-0.15, -0.1) is 4.28 Å². The van der Waals surface area contributed by atoms with Crippen molar-refractivity contribution in [3.8, 4) is 0 Å². The number of piperidine rings is 1. The van der Waals surface area contributed by atoms with Crippen molar-refractivity contribution >= 4 is 28.3 Å². The number of primary amides is 1. The molecule has 1 aromatic carbocycles. The summed E-state index contributed by atoms with van der Waals surface area (Å²) in [4.78, 5) is 37.7. The Bertz CT molecular complexity index is 1040. The van der Waals surface area contributed by atoms with Crippen molar-refractivity contribution in [2.75, 3.05) is 19.8 Å². The molecular formula is C21H29N3O8S. The highest BCUT2D eigenvalue weighted by atomic mass is 32.3. The van der Waals surface area contributed by atoms with E-state index in [1.165, 1.54) is 4.90 Å². The van der Waals surface area contributed by atoms with Crippen LogP contribution in [0.3, 0.4) is 0 Å². The Morgan fingerprint density at radius 2 is 1.79 bits per heavy atom. The lowest BCUT2D eigenvalue weighted by molar-refractivity contribution is -0.122. The van der Waals surface area contributed by atoms with Gasteiger partial charge in [0.05, 0.1) is 24.8 Å². The van der Waals surface area contributed by atoms with Crippen molar-refractivity contribution in [3.05, 3.63) is 34.9 Å². The number of urea groups is 1. The highest BCUT2D eigenvalue weighted by molar-refractivity contribution is 7.81. The molecule has 2 bridgehead atoms. The molecule has 2 aliphatic heterocycles. The van der Waals surface area contributed by atoms with Gasteiger partial charge in [0.15, 0.2) is 0 Å². The predicted molar refractivity (Wildman–Crippen MR) is 116 cm³/mol. The van der Waals surface area contributed by atoms with Crippen LogP contribution in [0.15, 0.2) is 18.2 Å². The topological polar surface area (TPSA) is 146 Å². The van der Waals surface area contributed by atoms with Crippen LogP contribution >= 0.6 is 0 Å². The van der Waals surface area contributed by atoms with Crippen LogP contribution in [-0.4, -0.2) is 68.1 Å². The van der Waals surface area contributed by atoms with E-state index in [1.807, 2.05) is 6.07 Å². The van der Waals surface area contributed by atoms with Crippen molar-refractivity contribution in [2.45, 2.75) is 52.6 Å². The minimum atomic E-state index is -4.59. The summed E-state index contributed by atoms with van der Waals surface area (Å²) in [6, 6.07) is 3.37. The maximum absolute atomic E-state index is 12.5. The number of amides is 3. The van der Waals surface area contributed by atoms with Gasteiger partial charge in [-0.3, -0.25) is 4.79 Å². The highest BCUT2D eigenvalue weighted by Crippen LogP contribution is 2.31. The lowest BCUT2D eigenvalue weighted by Crippen LogP contribution is -2.47. The number of benzene rings is 1. The van der Waals surface area contributed by atoms with E-state index >= 15 is 0 Å². The zero-order valence-corrected chi connectivity index (χ0v) is 19.9. The van der Waals surface area contributed by atoms with E-state index in [0.29, 0.717) is 23.5 Å². The van der Waals surface area contributed by atoms with Crippen LogP contribution in [0.2, 0.25) is 0 Å². The van der Waals surface area contributed by atoms with Crippen LogP contribution < -0.4 is 5.73 Å². The summed E-state index contributed by atoms with van der Waals surface area (Å²) in [5.74, 6) is -1.16. The number of hydrogen-bond donors (Lipinski definition) is 1. The molecule has 2 heterocycles. The van der Waals surface area contributed by atoms with E-state index in [9.17, 15) is 22.8 Å². The Morgan fingerprint density at radius 3 is 2.39 bits per heavy atom. The number of rotatable bonds is 9. The van der Waals surface area contributed by atoms with E-state index in [1.54, 1.807) is 39.8 Å². The third-order valence-electron chi connectivity index (χ3n) is 5.70. The molecule has 11 nitrogen and oxygen atoms in total. The molecule has 0 radical (unpaired) electrons. The Morgan fingerprint density at radius 1 is 1.15 bits per heavy atom. The average Bonchev–Trinajstić information content (AvgIpc) is 2.95. The standard InChI is InChI=1S/C21H29N3O8S/c1-13-6-5-7-14(2)17(13)19(26)30-11-21(3,4)12-31-33(28,29)32-24-15-8-9-16(18(22)25)23(10-15)20(24)27/h5-7,15-16H,8-12H2,1-4H3,(H2,22,25). The van der Waals surface area contributed by atoms with Crippen LogP contribution in [0.4, 0.5) is 4.79 Å².